The van der Waals surface area contributed by atoms with Crippen LogP contribution < -0.4 is 0 Å². The van der Waals surface area contributed by atoms with Gasteiger partial charge in [0.15, 0.2) is 0 Å². The van der Waals surface area contributed by atoms with E-state index in [1.165, 1.54) is 37.7 Å². The Morgan fingerprint density at radius 1 is 1.45 bits per heavy atom. The van der Waals surface area contributed by atoms with Crippen LogP contribution >= 0.6 is 0 Å². The number of allylic oxidation sites excluding steroid dienone is 3. The van der Waals surface area contributed by atoms with E-state index in [-0.39, 0.29) is 0 Å². The van der Waals surface area contributed by atoms with Crippen molar-refractivity contribution >= 4 is 0 Å². The normalized spacial score (nSPS) is 20.6. The van der Waals surface area contributed by atoms with Crippen LogP contribution in [0.3, 0.4) is 0 Å². The molecule has 0 bridgehead atoms. The van der Waals surface area contributed by atoms with E-state index in [1.807, 2.05) is 6.08 Å². The third-order valence-corrected chi connectivity index (χ3v) is 2.49. The Morgan fingerprint density at radius 2 is 2.09 bits per heavy atom. The predicted octanol–water partition coefficient (Wildman–Crippen LogP) is 3.70. The van der Waals surface area contributed by atoms with Crippen molar-refractivity contribution in [3.8, 4) is 0 Å². The fraction of sp³-hybridized carbons (Fsp3) is 0.636. The van der Waals surface area contributed by atoms with E-state index in [9.17, 15) is 0 Å². The van der Waals surface area contributed by atoms with Gasteiger partial charge in [0, 0.05) is 0 Å². The molecular formula is C11H18. The van der Waals surface area contributed by atoms with E-state index in [0.29, 0.717) is 0 Å². The Balaban J connectivity index is 2.28. The summed E-state index contributed by atoms with van der Waals surface area (Å²) in [5.74, 6) is 0.978. The first-order valence-corrected chi connectivity index (χ1v) is 4.61. The smallest absolute Gasteiger partial charge is 0.0291 e. The highest BCUT2D eigenvalue weighted by molar-refractivity contribution is 5.08. The van der Waals surface area contributed by atoms with Gasteiger partial charge < -0.3 is 0 Å². The summed E-state index contributed by atoms with van der Waals surface area (Å²) in [4.78, 5) is 0. The lowest BCUT2D eigenvalue weighted by Crippen LogP contribution is -1.92. The number of rotatable bonds is 3. The van der Waals surface area contributed by atoms with E-state index in [0.717, 1.165) is 5.92 Å². The highest BCUT2D eigenvalue weighted by Gasteiger charge is 2.14. The zero-order valence-electron chi connectivity index (χ0n) is 7.47. The van der Waals surface area contributed by atoms with E-state index < -0.39 is 0 Å². The lowest BCUT2D eigenvalue weighted by molar-refractivity contribution is 0.544. The van der Waals surface area contributed by atoms with Crippen molar-refractivity contribution in [1.82, 2.24) is 0 Å². The largest absolute Gasteiger partial charge is 0.0991 e. The third-order valence-electron chi connectivity index (χ3n) is 2.49. The van der Waals surface area contributed by atoms with Crippen LogP contribution in [0.5, 0.6) is 0 Å². The van der Waals surface area contributed by atoms with Crippen molar-refractivity contribution < 1.29 is 0 Å². The van der Waals surface area contributed by atoms with Crippen molar-refractivity contribution in [2.24, 2.45) is 5.92 Å². The second-order valence-electron chi connectivity index (χ2n) is 3.60. The highest BCUT2D eigenvalue weighted by atomic mass is 14.2. The maximum atomic E-state index is 3.70. The topological polar surface area (TPSA) is 0 Å². The van der Waals surface area contributed by atoms with Gasteiger partial charge in [-0.05, 0) is 19.3 Å². The molecule has 62 valence electrons. The molecule has 0 heteroatoms. The molecule has 0 unspecified atom stereocenters. The van der Waals surface area contributed by atoms with E-state index >= 15 is 0 Å². The van der Waals surface area contributed by atoms with Gasteiger partial charge in [0.05, 0.1) is 0 Å². The Bertz CT molecular complexity index is 147. The summed E-state index contributed by atoms with van der Waals surface area (Å²) in [5, 5.41) is 0. The summed E-state index contributed by atoms with van der Waals surface area (Å²) in [6.45, 7) is 5.91. The zero-order chi connectivity index (χ0) is 8.10. The Kier molecular flexibility index (Phi) is 3.41. The van der Waals surface area contributed by atoms with Crippen molar-refractivity contribution in [2.75, 3.05) is 0 Å². The first-order valence-electron chi connectivity index (χ1n) is 4.61. The van der Waals surface area contributed by atoms with E-state index in [2.05, 4.69) is 19.6 Å². The van der Waals surface area contributed by atoms with Gasteiger partial charge in [-0.15, -0.1) is 0 Å². The monoisotopic (exact) mass is 150 g/mol. The third kappa shape index (κ3) is 2.92. The molecule has 0 N–H and O–H groups in total. The molecule has 0 spiro atoms. The lowest BCUT2D eigenvalue weighted by Gasteiger charge is -2.07. The second-order valence-corrected chi connectivity index (χ2v) is 3.60. The first-order chi connectivity index (χ1) is 5.33. The van der Waals surface area contributed by atoms with Crippen molar-refractivity contribution in [3.63, 3.8) is 0 Å². The zero-order valence-corrected chi connectivity index (χ0v) is 7.47. The molecule has 0 aromatic heterocycles. The summed E-state index contributed by atoms with van der Waals surface area (Å²) in [7, 11) is 0. The minimum atomic E-state index is 0.978. The SMILES string of the molecule is C=CC=C(C)CC1CCCC1. The van der Waals surface area contributed by atoms with E-state index in [4.69, 9.17) is 0 Å². The molecule has 0 nitrogen and oxygen atoms in total. The fourth-order valence-corrected chi connectivity index (χ4v) is 1.94. The maximum absolute atomic E-state index is 3.70. The van der Waals surface area contributed by atoms with Crippen molar-refractivity contribution in [2.45, 2.75) is 39.0 Å². The molecule has 0 aromatic carbocycles. The minimum absolute atomic E-state index is 0.978. The van der Waals surface area contributed by atoms with Crippen molar-refractivity contribution in [1.29, 1.82) is 0 Å². The quantitative estimate of drug-likeness (QED) is 0.538. The van der Waals surface area contributed by atoms with Crippen LogP contribution in [0.15, 0.2) is 24.3 Å². The highest BCUT2D eigenvalue weighted by Crippen LogP contribution is 2.29. The van der Waals surface area contributed by atoms with Crippen LogP contribution in [0.25, 0.3) is 0 Å². The average molecular weight is 150 g/mol. The molecule has 1 fully saturated rings. The van der Waals surface area contributed by atoms with Gasteiger partial charge in [0.2, 0.25) is 0 Å². The molecule has 1 aliphatic carbocycles. The van der Waals surface area contributed by atoms with Gasteiger partial charge in [-0.1, -0.05) is 50.0 Å². The van der Waals surface area contributed by atoms with Crippen LogP contribution in [0, 0.1) is 5.92 Å². The number of hydrogen-bond acceptors (Lipinski definition) is 0. The van der Waals surface area contributed by atoms with Crippen LogP contribution in [0.2, 0.25) is 0 Å². The molecule has 11 heavy (non-hydrogen) atoms. The Labute approximate surface area is 70.0 Å². The Morgan fingerprint density at radius 3 is 2.64 bits per heavy atom. The molecule has 1 rings (SSSR count). The predicted molar refractivity (Wildman–Crippen MR) is 50.5 cm³/mol. The standard InChI is InChI=1S/C11H18/c1-3-6-10(2)9-11-7-4-5-8-11/h3,6,11H,1,4-5,7-9H2,2H3. The first kappa shape index (κ1) is 8.58. The summed E-state index contributed by atoms with van der Waals surface area (Å²) < 4.78 is 0. The van der Waals surface area contributed by atoms with Crippen LogP contribution in [0.4, 0.5) is 0 Å². The van der Waals surface area contributed by atoms with Gasteiger partial charge >= 0.3 is 0 Å². The van der Waals surface area contributed by atoms with Gasteiger partial charge in [-0.25, -0.2) is 0 Å². The number of hydrogen-bond donors (Lipinski definition) is 0. The molecule has 1 aliphatic rings. The molecule has 0 radical (unpaired) electrons. The molecule has 0 heterocycles. The molecule has 1 saturated carbocycles. The van der Waals surface area contributed by atoms with Crippen LogP contribution in [0.1, 0.15) is 39.0 Å². The summed E-state index contributed by atoms with van der Waals surface area (Å²) in [6, 6.07) is 0. The molecule has 0 aromatic rings. The lowest BCUT2D eigenvalue weighted by atomic mass is 9.99. The molecule has 0 saturated heterocycles. The van der Waals surface area contributed by atoms with Crippen LogP contribution in [-0.4, -0.2) is 0 Å². The van der Waals surface area contributed by atoms with Crippen molar-refractivity contribution in [3.05, 3.63) is 24.3 Å². The maximum Gasteiger partial charge on any atom is -0.0291 e. The summed E-state index contributed by atoms with van der Waals surface area (Å²) in [6.07, 6.45) is 11.1. The summed E-state index contributed by atoms with van der Waals surface area (Å²) in [5.41, 5.74) is 1.49. The molecular weight excluding hydrogens is 132 g/mol. The second kappa shape index (κ2) is 4.38. The van der Waals surface area contributed by atoms with Gasteiger partial charge in [0.1, 0.15) is 0 Å². The van der Waals surface area contributed by atoms with Gasteiger partial charge in [-0.2, -0.15) is 0 Å². The minimum Gasteiger partial charge on any atom is -0.0991 e. The fourth-order valence-electron chi connectivity index (χ4n) is 1.94. The van der Waals surface area contributed by atoms with Gasteiger partial charge in [0.25, 0.3) is 0 Å². The van der Waals surface area contributed by atoms with Gasteiger partial charge in [-0.3, -0.25) is 0 Å². The summed E-state index contributed by atoms with van der Waals surface area (Å²) >= 11 is 0. The Hall–Kier alpha value is -0.520. The molecule has 0 amide bonds. The molecule has 0 atom stereocenters. The molecule has 0 aliphatic heterocycles. The van der Waals surface area contributed by atoms with E-state index in [1.54, 1.807) is 0 Å². The average Bonchev–Trinajstić information content (AvgIpc) is 2.40. The van der Waals surface area contributed by atoms with Crippen LogP contribution in [-0.2, 0) is 0 Å².